The lowest BCUT2D eigenvalue weighted by Gasteiger charge is -2.13. The van der Waals surface area contributed by atoms with E-state index in [2.05, 4.69) is 0 Å². The second-order valence-electron chi connectivity index (χ2n) is 4.08. The molecule has 0 saturated carbocycles. The molecular formula is C14H11ClF2O. The van der Waals surface area contributed by atoms with E-state index in [1.807, 2.05) is 0 Å². The first-order chi connectivity index (χ1) is 8.49. The fraction of sp³-hybridized carbons (Fsp3) is 0.143. The Labute approximate surface area is 109 Å². The Kier molecular flexibility index (Phi) is 3.64. The number of halogens is 3. The molecule has 1 unspecified atom stereocenters. The highest BCUT2D eigenvalue weighted by Gasteiger charge is 2.16. The van der Waals surface area contributed by atoms with E-state index in [-0.39, 0.29) is 10.6 Å². The van der Waals surface area contributed by atoms with Crippen molar-refractivity contribution in [2.75, 3.05) is 0 Å². The second-order valence-corrected chi connectivity index (χ2v) is 4.51. The number of aliphatic hydroxyl groups excluding tert-OH is 1. The van der Waals surface area contributed by atoms with Crippen molar-refractivity contribution in [3.63, 3.8) is 0 Å². The van der Waals surface area contributed by atoms with Crippen molar-refractivity contribution in [3.8, 4) is 0 Å². The molecule has 0 heterocycles. The largest absolute Gasteiger partial charge is 0.384 e. The fourth-order valence-corrected chi connectivity index (χ4v) is 1.84. The molecule has 94 valence electrons. The summed E-state index contributed by atoms with van der Waals surface area (Å²) >= 11 is 5.63. The number of rotatable bonds is 2. The number of hydrogen-bond donors (Lipinski definition) is 1. The lowest BCUT2D eigenvalue weighted by atomic mass is 10.00. The summed E-state index contributed by atoms with van der Waals surface area (Å²) in [5.41, 5.74) is 0.851. The van der Waals surface area contributed by atoms with Crippen LogP contribution in [0.4, 0.5) is 8.78 Å². The molecular weight excluding hydrogens is 258 g/mol. The molecule has 0 aliphatic rings. The minimum atomic E-state index is -1.21. The summed E-state index contributed by atoms with van der Waals surface area (Å²) in [5.74, 6) is -1.04. The van der Waals surface area contributed by atoms with Gasteiger partial charge in [0.1, 0.15) is 17.7 Å². The summed E-state index contributed by atoms with van der Waals surface area (Å²) in [7, 11) is 0. The predicted molar refractivity (Wildman–Crippen MR) is 66.6 cm³/mol. The first kappa shape index (κ1) is 13.0. The molecule has 0 bridgehead atoms. The second kappa shape index (κ2) is 5.04. The van der Waals surface area contributed by atoms with Gasteiger partial charge in [-0.1, -0.05) is 29.8 Å². The van der Waals surface area contributed by atoms with E-state index in [0.29, 0.717) is 11.1 Å². The molecule has 0 fully saturated rings. The van der Waals surface area contributed by atoms with Gasteiger partial charge in [0.25, 0.3) is 0 Å². The Bertz CT molecular complexity index is 584. The maximum atomic E-state index is 13.6. The van der Waals surface area contributed by atoms with Crippen molar-refractivity contribution in [2.45, 2.75) is 13.0 Å². The third kappa shape index (κ3) is 2.52. The van der Waals surface area contributed by atoms with Crippen LogP contribution in [0.3, 0.4) is 0 Å². The van der Waals surface area contributed by atoms with E-state index in [1.165, 1.54) is 18.2 Å². The van der Waals surface area contributed by atoms with Crippen LogP contribution in [0.1, 0.15) is 22.8 Å². The average Bonchev–Trinajstić information content (AvgIpc) is 2.32. The van der Waals surface area contributed by atoms with Crippen LogP contribution in [0.5, 0.6) is 0 Å². The molecule has 0 aliphatic carbocycles. The lowest BCUT2D eigenvalue weighted by Crippen LogP contribution is -2.03. The molecule has 0 saturated heterocycles. The van der Waals surface area contributed by atoms with E-state index in [4.69, 9.17) is 11.6 Å². The zero-order valence-electron chi connectivity index (χ0n) is 9.62. The molecule has 1 N–H and O–H groups in total. The van der Waals surface area contributed by atoms with Gasteiger partial charge < -0.3 is 5.11 Å². The summed E-state index contributed by atoms with van der Waals surface area (Å²) in [6.07, 6.45) is -1.21. The van der Waals surface area contributed by atoms with Crippen molar-refractivity contribution in [1.29, 1.82) is 0 Å². The van der Waals surface area contributed by atoms with Crippen molar-refractivity contribution in [2.24, 2.45) is 0 Å². The van der Waals surface area contributed by atoms with Crippen LogP contribution in [0.15, 0.2) is 36.4 Å². The maximum Gasteiger partial charge on any atom is 0.130 e. The summed E-state index contributed by atoms with van der Waals surface area (Å²) in [5, 5.41) is 10.3. The highest BCUT2D eigenvalue weighted by atomic mass is 35.5. The van der Waals surface area contributed by atoms with Gasteiger partial charge >= 0.3 is 0 Å². The van der Waals surface area contributed by atoms with E-state index in [0.717, 1.165) is 6.07 Å². The van der Waals surface area contributed by atoms with E-state index < -0.39 is 17.7 Å². The smallest absolute Gasteiger partial charge is 0.130 e. The molecule has 4 heteroatoms. The minimum absolute atomic E-state index is 0.0719. The van der Waals surface area contributed by atoms with Crippen LogP contribution in [0.2, 0.25) is 5.02 Å². The average molecular weight is 269 g/mol. The molecule has 1 nitrogen and oxygen atoms in total. The van der Waals surface area contributed by atoms with Crippen molar-refractivity contribution < 1.29 is 13.9 Å². The standard InChI is InChI=1S/C14H11ClF2O/c1-8-2-3-9(6-12(8)16)14(18)11-5-4-10(15)7-13(11)17/h2-7,14,18H,1H3. The van der Waals surface area contributed by atoms with Gasteiger partial charge in [-0.15, -0.1) is 0 Å². The fourth-order valence-electron chi connectivity index (χ4n) is 1.68. The Hall–Kier alpha value is -1.45. The van der Waals surface area contributed by atoms with Crippen molar-refractivity contribution in [3.05, 3.63) is 69.7 Å². The SMILES string of the molecule is Cc1ccc(C(O)c2ccc(Cl)cc2F)cc1F. The van der Waals surface area contributed by atoms with Crippen molar-refractivity contribution >= 4 is 11.6 Å². The monoisotopic (exact) mass is 268 g/mol. The Morgan fingerprint density at radius 1 is 1.06 bits per heavy atom. The summed E-state index contributed by atoms with van der Waals surface area (Å²) in [6.45, 7) is 1.62. The number of aryl methyl sites for hydroxylation is 1. The van der Waals surface area contributed by atoms with Gasteiger partial charge in [0.15, 0.2) is 0 Å². The van der Waals surface area contributed by atoms with Gasteiger partial charge in [0.05, 0.1) is 0 Å². The van der Waals surface area contributed by atoms with Gasteiger partial charge in [0, 0.05) is 10.6 Å². The normalized spacial score (nSPS) is 12.5. The van der Waals surface area contributed by atoms with E-state index in [1.54, 1.807) is 19.1 Å². The van der Waals surface area contributed by atoms with Crippen LogP contribution in [0.25, 0.3) is 0 Å². The summed E-state index contributed by atoms with van der Waals surface area (Å²) in [4.78, 5) is 0. The number of hydrogen-bond acceptors (Lipinski definition) is 1. The Morgan fingerprint density at radius 3 is 2.39 bits per heavy atom. The first-order valence-corrected chi connectivity index (χ1v) is 5.76. The maximum absolute atomic E-state index is 13.6. The van der Waals surface area contributed by atoms with Crippen LogP contribution < -0.4 is 0 Å². The molecule has 1 atom stereocenters. The Balaban J connectivity index is 2.41. The number of benzene rings is 2. The highest BCUT2D eigenvalue weighted by Crippen LogP contribution is 2.27. The third-order valence-electron chi connectivity index (χ3n) is 2.77. The van der Waals surface area contributed by atoms with E-state index >= 15 is 0 Å². The van der Waals surface area contributed by atoms with Gasteiger partial charge in [-0.2, -0.15) is 0 Å². The van der Waals surface area contributed by atoms with Gasteiger partial charge in [-0.05, 0) is 36.2 Å². The van der Waals surface area contributed by atoms with Crippen LogP contribution in [0, 0.1) is 18.6 Å². The van der Waals surface area contributed by atoms with Crippen LogP contribution >= 0.6 is 11.6 Å². The molecule has 0 aliphatic heterocycles. The molecule has 0 radical (unpaired) electrons. The molecule has 2 aromatic rings. The first-order valence-electron chi connectivity index (χ1n) is 5.38. The molecule has 0 amide bonds. The zero-order valence-corrected chi connectivity index (χ0v) is 10.4. The zero-order chi connectivity index (χ0) is 13.3. The predicted octanol–water partition coefficient (Wildman–Crippen LogP) is 4.01. The van der Waals surface area contributed by atoms with Gasteiger partial charge in [-0.25, -0.2) is 8.78 Å². The Morgan fingerprint density at radius 2 is 1.78 bits per heavy atom. The lowest BCUT2D eigenvalue weighted by molar-refractivity contribution is 0.214. The molecule has 0 spiro atoms. The van der Waals surface area contributed by atoms with Gasteiger partial charge in [0.2, 0.25) is 0 Å². The number of aliphatic hydroxyl groups is 1. The summed E-state index contributed by atoms with van der Waals surface area (Å²) < 4.78 is 27.0. The molecule has 2 aromatic carbocycles. The minimum Gasteiger partial charge on any atom is -0.384 e. The van der Waals surface area contributed by atoms with Gasteiger partial charge in [-0.3, -0.25) is 0 Å². The molecule has 2 rings (SSSR count). The summed E-state index contributed by atoms with van der Waals surface area (Å²) in [6, 6.07) is 8.30. The van der Waals surface area contributed by atoms with Crippen LogP contribution in [-0.2, 0) is 0 Å². The molecule has 0 aromatic heterocycles. The van der Waals surface area contributed by atoms with E-state index in [9.17, 15) is 13.9 Å². The quantitative estimate of drug-likeness (QED) is 0.873. The topological polar surface area (TPSA) is 20.2 Å². The highest BCUT2D eigenvalue weighted by molar-refractivity contribution is 6.30. The van der Waals surface area contributed by atoms with Crippen LogP contribution in [-0.4, -0.2) is 5.11 Å². The molecule has 18 heavy (non-hydrogen) atoms. The van der Waals surface area contributed by atoms with Crippen molar-refractivity contribution in [1.82, 2.24) is 0 Å². The third-order valence-corrected chi connectivity index (χ3v) is 3.00.